The van der Waals surface area contributed by atoms with Gasteiger partial charge in [0.2, 0.25) is 11.8 Å². The smallest absolute Gasteiger partial charge is 0.248 e. The van der Waals surface area contributed by atoms with Crippen LogP contribution in [0.25, 0.3) is 5.57 Å². The second kappa shape index (κ2) is 6.26. The van der Waals surface area contributed by atoms with Gasteiger partial charge in [0.15, 0.2) is 5.78 Å². The van der Waals surface area contributed by atoms with E-state index in [1.54, 1.807) is 18.1 Å². The average molecular weight is 431 g/mol. The van der Waals surface area contributed by atoms with Gasteiger partial charge in [-0.15, -0.1) is 0 Å². The molecule has 5 rings (SSSR count). The zero-order chi connectivity index (χ0) is 23.2. The van der Waals surface area contributed by atoms with Crippen molar-refractivity contribution in [2.24, 2.45) is 11.7 Å². The van der Waals surface area contributed by atoms with Gasteiger partial charge in [-0.3, -0.25) is 9.59 Å². The van der Waals surface area contributed by atoms with E-state index in [1.165, 1.54) is 0 Å². The molecule has 2 atom stereocenters. The van der Waals surface area contributed by atoms with E-state index in [0.29, 0.717) is 29.2 Å². The van der Waals surface area contributed by atoms with Crippen LogP contribution in [0.3, 0.4) is 0 Å². The van der Waals surface area contributed by atoms with Gasteiger partial charge in [-0.25, -0.2) is 0 Å². The quantitative estimate of drug-likeness (QED) is 0.730. The molecule has 1 spiro atoms. The lowest BCUT2D eigenvalue weighted by molar-refractivity contribution is -0.125. The molecule has 164 valence electrons. The molecule has 3 heterocycles. The fraction of sp³-hybridized carbons (Fsp3) is 0.400. The predicted octanol–water partition coefficient (Wildman–Crippen LogP) is 3.45. The fourth-order valence-corrected chi connectivity index (χ4v) is 5.85. The molecule has 0 radical (unpaired) electrons. The molecule has 1 amide bonds. The van der Waals surface area contributed by atoms with Crippen molar-refractivity contribution in [3.05, 3.63) is 52.1 Å². The third-order valence-corrected chi connectivity index (χ3v) is 7.01. The van der Waals surface area contributed by atoms with Gasteiger partial charge in [-0.05, 0) is 44.4 Å². The van der Waals surface area contributed by atoms with Crippen molar-refractivity contribution < 1.29 is 19.1 Å². The minimum Gasteiger partial charge on any atom is -0.497 e. The van der Waals surface area contributed by atoms with Crippen molar-refractivity contribution in [1.29, 1.82) is 5.26 Å². The van der Waals surface area contributed by atoms with Gasteiger partial charge in [0, 0.05) is 24.0 Å². The number of fused-ring (bicyclic) bond motifs is 2. The highest BCUT2D eigenvalue weighted by Gasteiger charge is 2.65. The molecule has 2 N–H and O–H groups in total. The Balaban J connectivity index is 1.97. The molecule has 32 heavy (non-hydrogen) atoms. The first-order valence-electron chi connectivity index (χ1n) is 10.7. The van der Waals surface area contributed by atoms with Gasteiger partial charge in [-0.2, -0.15) is 5.26 Å². The highest BCUT2D eigenvalue weighted by atomic mass is 16.5. The number of amides is 1. The van der Waals surface area contributed by atoms with E-state index in [4.69, 9.17) is 15.2 Å². The minimum absolute atomic E-state index is 0.0394. The molecule has 7 heteroatoms. The number of benzene rings is 1. The first kappa shape index (κ1) is 20.4. The molecule has 0 saturated heterocycles. The molecule has 1 aliphatic carbocycles. The van der Waals surface area contributed by atoms with Crippen LogP contribution in [0, 0.1) is 17.2 Å². The Morgan fingerprint density at radius 2 is 2.00 bits per heavy atom. The second-order valence-electron chi connectivity index (χ2n) is 9.63. The van der Waals surface area contributed by atoms with Gasteiger partial charge in [-0.1, -0.05) is 13.0 Å². The summed E-state index contributed by atoms with van der Waals surface area (Å²) >= 11 is 0. The van der Waals surface area contributed by atoms with Gasteiger partial charge in [0.1, 0.15) is 28.6 Å². The molecular weight excluding hydrogens is 406 g/mol. The van der Waals surface area contributed by atoms with Crippen LogP contribution in [-0.2, 0) is 19.7 Å². The molecule has 3 aliphatic heterocycles. The molecule has 1 aromatic rings. The summed E-state index contributed by atoms with van der Waals surface area (Å²) in [6, 6.07) is 5.77. The Morgan fingerprint density at radius 1 is 1.28 bits per heavy atom. The third kappa shape index (κ3) is 2.24. The maximum absolute atomic E-state index is 14.4. The van der Waals surface area contributed by atoms with Crippen molar-refractivity contribution in [1.82, 2.24) is 0 Å². The summed E-state index contributed by atoms with van der Waals surface area (Å²) in [5.74, 6) is 0.318. The third-order valence-electron chi connectivity index (χ3n) is 7.01. The minimum atomic E-state index is -1.64. The second-order valence-corrected chi connectivity index (χ2v) is 9.63. The molecule has 0 saturated carbocycles. The van der Waals surface area contributed by atoms with Crippen LogP contribution in [0.1, 0.15) is 51.7 Å². The van der Waals surface area contributed by atoms with E-state index >= 15 is 0 Å². The zero-order valence-electron chi connectivity index (χ0n) is 18.8. The van der Waals surface area contributed by atoms with Crippen molar-refractivity contribution in [2.75, 3.05) is 12.0 Å². The molecule has 0 bridgehead atoms. The predicted molar refractivity (Wildman–Crippen MR) is 118 cm³/mol. The van der Waals surface area contributed by atoms with Crippen LogP contribution in [0.4, 0.5) is 5.69 Å². The number of methoxy groups -OCH3 is 1. The number of ketones is 1. The number of anilines is 1. The lowest BCUT2D eigenvalue weighted by Crippen LogP contribution is -2.54. The number of carbonyl (C=O) groups excluding carboxylic acids is 2. The summed E-state index contributed by atoms with van der Waals surface area (Å²) in [5.41, 5.74) is 7.21. The lowest BCUT2D eigenvalue weighted by Gasteiger charge is -2.41. The van der Waals surface area contributed by atoms with Gasteiger partial charge >= 0.3 is 0 Å². The average Bonchev–Trinajstić information content (AvgIpc) is 2.95. The number of carbonyl (C=O) groups is 2. The molecule has 7 nitrogen and oxygen atoms in total. The van der Waals surface area contributed by atoms with Crippen molar-refractivity contribution in [3.63, 3.8) is 0 Å². The van der Waals surface area contributed by atoms with Crippen LogP contribution in [0.5, 0.6) is 5.75 Å². The maximum Gasteiger partial charge on any atom is 0.248 e. The molecule has 0 fully saturated rings. The van der Waals surface area contributed by atoms with E-state index in [2.05, 4.69) is 6.07 Å². The normalized spacial score (nSPS) is 27.7. The molecule has 4 aliphatic rings. The van der Waals surface area contributed by atoms with E-state index < -0.39 is 11.0 Å². The lowest BCUT2D eigenvalue weighted by atomic mass is 9.64. The van der Waals surface area contributed by atoms with E-state index in [9.17, 15) is 14.9 Å². The Hall–Kier alpha value is -3.53. The Labute approximate surface area is 186 Å². The van der Waals surface area contributed by atoms with E-state index in [-0.39, 0.29) is 41.1 Å². The van der Waals surface area contributed by atoms with Crippen LogP contribution >= 0.6 is 0 Å². The fourth-order valence-electron chi connectivity index (χ4n) is 5.85. The van der Waals surface area contributed by atoms with Gasteiger partial charge in [0.05, 0.1) is 23.9 Å². The maximum atomic E-state index is 14.4. The summed E-state index contributed by atoms with van der Waals surface area (Å²) < 4.78 is 11.4. The topological polar surface area (TPSA) is 106 Å². The van der Waals surface area contributed by atoms with Crippen LogP contribution in [0.15, 0.2) is 41.0 Å². The number of hydrogen-bond donors (Lipinski definition) is 1. The number of ether oxygens (including phenoxy) is 2. The van der Waals surface area contributed by atoms with Crippen molar-refractivity contribution in [3.8, 4) is 11.8 Å². The molecule has 1 aromatic carbocycles. The highest BCUT2D eigenvalue weighted by Crippen LogP contribution is 2.60. The standard InChI is InChI=1S/C25H25N3O4/c1-12-6-18(29)20-19(7-12)32-22(27)17(11-26)25(20)16-9-14(31-5)8-15-13(2)10-24(3,4)28(21(15)16)23(25)30/h8-10,12H,6-7,27H2,1-5H3/t12-,25+/m0/s1. The number of rotatable bonds is 1. The van der Waals surface area contributed by atoms with Gasteiger partial charge < -0.3 is 20.1 Å². The van der Waals surface area contributed by atoms with Crippen LogP contribution < -0.4 is 15.4 Å². The molecule has 0 unspecified atom stereocenters. The number of nitrogens with two attached hydrogens (primary N) is 1. The number of allylic oxidation sites excluding steroid dienone is 2. The first-order valence-corrected chi connectivity index (χ1v) is 10.7. The van der Waals surface area contributed by atoms with Crippen molar-refractivity contribution in [2.45, 2.75) is 51.5 Å². The summed E-state index contributed by atoms with van der Waals surface area (Å²) in [5, 5.41) is 10.2. The Kier molecular flexibility index (Phi) is 3.98. The Bertz CT molecular complexity index is 1260. The van der Waals surface area contributed by atoms with E-state index in [0.717, 1.165) is 11.1 Å². The molecule has 0 aromatic heterocycles. The number of nitriles is 1. The van der Waals surface area contributed by atoms with Gasteiger partial charge in [0.25, 0.3) is 0 Å². The summed E-state index contributed by atoms with van der Waals surface area (Å²) in [4.78, 5) is 29.6. The summed E-state index contributed by atoms with van der Waals surface area (Å²) in [6.07, 6.45) is 2.78. The Morgan fingerprint density at radius 3 is 2.66 bits per heavy atom. The number of hydrogen-bond acceptors (Lipinski definition) is 6. The number of Topliss-reactive ketones (excluding diaryl/α,β-unsaturated/α-hetero) is 1. The first-order chi connectivity index (χ1) is 15.1. The monoisotopic (exact) mass is 431 g/mol. The molecular formula is C25H25N3O4. The van der Waals surface area contributed by atoms with Crippen molar-refractivity contribution >= 4 is 23.0 Å². The zero-order valence-corrected chi connectivity index (χ0v) is 18.8. The SMILES string of the molecule is COc1cc2c3c(c1)[C@@]1(C(=O)N3C(C)(C)C=C2C)C(C#N)=C(N)OC2=C1C(=O)C[C@H](C)C2. The highest BCUT2D eigenvalue weighted by molar-refractivity contribution is 6.22. The van der Waals surface area contributed by atoms with E-state index in [1.807, 2.05) is 39.8 Å². The van der Waals surface area contributed by atoms with Crippen LogP contribution in [0.2, 0.25) is 0 Å². The number of nitrogens with zero attached hydrogens (tertiary/aromatic N) is 2. The summed E-state index contributed by atoms with van der Waals surface area (Å²) in [6.45, 7) is 7.84. The largest absolute Gasteiger partial charge is 0.497 e. The van der Waals surface area contributed by atoms with Crippen LogP contribution in [-0.4, -0.2) is 24.3 Å². The summed E-state index contributed by atoms with van der Waals surface area (Å²) in [7, 11) is 1.55.